The van der Waals surface area contributed by atoms with Crippen molar-refractivity contribution < 1.29 is 14.4 Å². The largest absolute Gasteiger partial charge is 0.326 e. The van der Waals surface area contributed by atoms with Crippen molar-refractivity contribution in [1.29, 1.82) is 0 Å². The first-order valence-electron chi connectivity index (χ1n) is 13.2. The summed E-state index contributed by atoms with van der Waals surface area (Å²) in [6.07, 6.45) is 10.7. The van der Waals surface area contributed by atoms with Crippen LogP contribution in [0.25, 0.3) is 0 Å². The number of nitrogens with two attached hydrogens (primary N) is 1. The van der Waals surface area contributed by atoms with E-state index in [1.807, 2.05) is 50.3 Å². The molecule has 1 saturated carbocycles. The van der Waals surface area contributed by atoms with Crippen molar-refractivity contribution in [2.45, 2.75) is 63.6 Å². The third-order valence-electron chi connectivity index (χ3n) is 7.43. The van der Waals surface area contributed by atoms with E-state index >= 15 is 0 Å². The summed E-state index contributed by atoms with van der Waals surface area (Å²) in [4.78, 5) is 35.6. The summed E-state index contributed by atoms with van der Waals surface area (Å²) < 4.78 is 0. The van der Waals surface area contributed by atoms with Gasteiger partial charge in [0.2, 0.25) is 0 Å². The zero-order valence-electron chi connectivity index (χ0n) is 22.3. The molecule has 0 unspecified atom stereocenters. The Bertz CT molecular complexity index is 1310. The molecule has 4 rings (SSSR count). The highest BCUT2D eigenvalue weighted by atomic mass is 35.5. The lowest BCUT2D eigenvalue weighted by Gasteiger charge is -2.48. The van der Waals surface area contributed by atoms with Crippen LogP contribution in [0.3, 0.4) is 0 Å². The van der Waals surface area contributed by atoms with Gasteiger partial charge in [0.1, 0.15) is 0 Å². The number of fused-ring (bicyclic) bond motifs is 1. The van der Waals surface area contributed by atoms with Crippen LogP contribution >= 0.6 is 23.2 Å². The molecular weight excluding hydrogens is 533 g/mol. The quantitative estimate of drug-likeness (QED) is 0.278. The SMILES string of the molecule is C=C/C=C\C=C(/C)CONC(=O)[C@@H]1c2ccc(C)cc2C(=O)N([C@H]2CCCC[C@@H]2N)[C@H]1c1ccc(Cl)cc1Cl. The van der Waals surface area contributed by atoms with E-state index < -0.39 is 12.0 Å². The van der Waals surface area contributed by atoms with Gasteiger partial charge in [-0.2, -0.15) is 0 Å². The van der Waals surface area contributed by atoms with E-state index in [9.17, 15) is 9.59 Å². The summed E-state index contributed by atoms with van der Waals surface area (Å²) in [6.45, 7) is 7.69. The van der Waals surface area contributed by atoms with Gasteiger partial charge in [-0.1, -0.05) is 90.7 Å². The second kappa shape index (κ2) is 13.0. The monoisotopic (exact) mass is 567 g/mol. The Labute approximate surface area is 240 Å². The first kappa shape index (κ1) is 29.1. The van der Waals surface area contributed by atoms with Crippen molar-refractivity contribution in [2.75, 3.05) is 6.61 Å². The van der Waals surface area contributed by atoms with Crippen LogP contribution < -0.4 is 11.2 Å². The van der Waals surface area contributed by atoms with Crippen LogP contribution in [0.4, 0.5) is 0 Å². The number of hydrogen-bond acceptors (Lipinski definition) is 4. The van der Waals surface area contributed by atoms with Crippen LogP contribution in [-0.4, -0.2) is 35.4 Å². The number of carbonyl (C=O) groups excluding carboxylic acids is 2. The molecule has 6 nitrogen and oxygen atoms in total. The Morgan fingerprint density at radius 2 is 1.90 bits per heavy atom. The maximum atomic E-state index is 14.2. The van der Waals surface area contributed by atoms with Gasteiger partial charge in [0.05, 0.1) is 18.6 Å². The molecule has 0 saturated heterocycles. The number of amides is 2. The van der Waals surface area contributed by atoms with Gasteiger partial charge in [-0.05, 0) is 61.6 Å². The molecule has 0 aromatic heterocycles. The number of allylic oxidation sites excluding steroid dienone is 4. The van der Waals surface area contributed by atoms with Crippen molar-refractivity contribution in [2.24, 2.45) is 5.73 Å². The molecule has 4 atom stereocenters. The minimum absolute atomic E-state index is 0.148. The topological polar surface area (TPSA) is 84.7 Å². The molecule has 0 radical (unpaired) electrons. The second-order valence-corrected chi connectivity index (χ2v) is 11.1. The minimum atomic E-state index is -0.781. The van der Waals surface area contributed by atoms with Gasteiger partial charge in [0.25, 0.3) is 11.8 Å². The molecule has 1 heterocycles. The third-order valence-corrected chi connectivity index (χ3v) is 7.99. The molecule has 1 aliphatic heterocycles. The molecule has 2 aliphatic rings. The average Bonchev–Trinajstić information content (AvgIpc) is 2.90. The highest BCUT2D eigenvalue weighted by Gasteiger charge is 2.48. The Balaban J connectivity index is 1.79. The number of halogens is 2. The Hall–Kier alpha value is -2.90. The number of benzene rings is 2. The minimum Gasteiger partial charge on any atom is -0.326 e. The number of aryl methyl sites for hydroxylation is 1. The van der Waals surface area contributed by atoms with Crippen LogP contribution in [0.5, 0.6) is 0 Å². The average molecular weight is 569 g/mol. The summed E-state index contributed by atoms with van der Waals surface area (Å²) in [6, 6.07) is 9.63. The summed E-state index contributed by atoms with van der Waals surface area (Å²) in [5, 5.41) is 0.858. The van der Waals surface area contributed by atoms with Gasteiger partial charge in [-0.15, -0.1) is 0 Å². The lowest BCUT2D eigenvalue weighted by Crippen LogP contribution is -2.57. The predicted molar refractivity (Wildman–Crippen MR) is 157 cm³/mol. The van der Waals surface area contributed by atoms with Crippen LogP contribution in [0.15, 0.2) is 72.9 Å². The van der Waals surface area contributed by atoms with Crippen molar-refractivity contribution in [3.05, 3.63) is 105 Å². The fourth-order valence-corrected chi connectivity index (χ4v) is 6.07. The van der Waals surface area contributed by atoms with E-state index in [1.54, 1.807) is 29.2 Å². The van der Waals surface area contributed by atoms with Gasteiger partial charge in [0.15, 0.2) is 0 Å². The number of hydroxylamine groups is 1. The lowest BCUT2D eigenvalue weighted by atomic mass is 9.76. The first-order valence-corrected chi connectivity index (χ1v) is 14.0. The smallest absolute Gasteiger partial charge is 0.255 e. The van der Waals surface area contributed by atoms with Gasteiger partial charge in [-0.3, -0.25) is 14.4 Å². The molecule has 0 spiro atoms. The van der Waals surface area contributed by atoms with E-state index in [1.165, 1.54) is 0 Å². The molecule has 2 aromatic carbocycles. The lowest BCUT2D eigenvalue weighted by molar-refractivity contribution is -0.136. The second-order valence-electron chi connectivity index (χ2n) is 10.3. The fourth-order valence-electron chi connectivity index (χ4n) is 5.55. The van der Waals surface area contributed by atoms with E-state index in [0.29, 0.717) is 26.7 Å². The zero-order valence-corrected chi connectivity index (χ0v) is 23.8. The molecule has 2 aromatic rings. The highest BCUT2D eigenvalue weighted by molar-refractivity contribution is 6.35. The highest BCUT2D eigenvalue weighted by Crippen LogP contribution is 2.47. The first-order chi connectivity index (χ1) is 18.7. The Morgan fingerprint density at radius 3 is 2.62 bits per heavy atom. The summed E-state index contributed by atoms with van der Waals surface area (Å²) in [5.74, 6) is -1.30. The number of nitrogens with one attached hydrogen (secondary N) is 1. The number of hydrogen-bond donors (Lipinski definition) is 2. The van der Waals surface area contributed by atoms with E-state index in [0.717, 1.165) is 36.8 Å². The maximum Gasteiger partial charge on any atom is 0.255 e. The van der Waals surface area contributed by atoms with Crippen molar-refractivity contribution in [1.82, 2.24) is 10.4 Å². The number of nitrogens with zero attached hydrogens (tertiary/aromatic N) is 1. The van der Waals surface area contributed by atoms with Crippen LogP contribution in [0, 0.1) is 6.92 Å². The van der Waals surface area contributed by atoms with Crippen LogP contribution in [0.2, 0.25) is 10.0 Å². The Morgan fingerprint density at radius 1 is 1.15 bits per heavy atom. The fraction of sp³-hybridized carbons (Fsp3) is 0.355. The standard InChI is InChI=1S/C31H35Cl2N3O3/c1-4-5-6-9-20(3)18-39-35-30(37)28-22-14-12-19(2)16-24(22)31(38)36(27-11-8-7-10-26(27)34)29(28)23-15-13-21(32)17-25(23)33/h4-6,9,12-17,26-29H,1,7-8,10-11,18,34H2,2-3H3,(H,35,37)/b6-5-,20-9+/t26-,27-,28+,29-/m0/s1. The third kappa shape index (κ3) is 6.47. The molecule has 39 heavy (non-hydrogen) atoms. The Kier molecular flexibility index (Phi) is 9.67. The molecule has 0 bridgehead atoms. The molecule has 8 heteroatoms. The molecule has 1 aliphatic carbocycles. The normalized spacial score (nSPS) is 23.6. The van der Waals surface area contributed by atoms with Crippen molar-refractivity contribution in [3.8, 4) is 0 Å². The molecule has 3 N–H and O–H groups in total. The van der Waals surface area contributed by atoms with Crippen LogP contribution in [0.1, 0.15) is 71.6 Å². The van der Waals surface area contributed by atoms with E-state index in [2.05, 4.69) is 12.1 Å². The summed E-state index contributed by atoms with van der Waals surface area (Å²) >= 11 is 13.0. The zero-order chi connectivity index (χ0) is 28.1. The van der Waals surface area contributed by atoms with Gasteiger partial charge in [-0.25, -0.2) is 5.48 Å². The molecular formula is C31H35Cl2N3O3. The summed E-state index contributed by atoms with van der Waals surface area (Å²) in [5.41, 5.74) is 12.9. The van der Waals surface area contributed by atoms with Gasteiger partial charge < -0.3 is 10.6 Å². The predicted octanol–water partition coefficient (Wildman–Crippen LogP) is 6.59. The summed E-state index contributed by atoms with van der Waals surface area (Å²) in [7, 11) is 0. The van der Waals surface area contributed by atoms with Crippen molar-refractivity contribution >= 4 is 35.0 Å². The van der Waals surface area contributed by atoms with Gasteiger partial charge in [0, 0.05) is 27.7 Å². The molecule has 206 valence electrons. The van der Waals surface area contributed by atoms with Crippen molar-refractivity contribution in [3.63, 3.8) is 0 Å². The van der Waals surface area contributed by atoms with Crippen LogP contribution in [-0.2, 0) is 9.63 Å². The van der Waals surface area contributed by atoms with E-state index in [4.69, 9.17) is 33.8 Å². The van der Waals surface area contributed by atoms with Gasteiger partial charge >= 0.3 is 0 Å². The molecule has 1 fully saturated rings. The van der Waals surface area contributed by atoms with E-state index in [-0.39, 0.29) is 30.5 Å². The molecule has 2 amide bonds. The maximum absolute atomic E-state index is 14.2. The number of carbonyl (C=O) groups is 2. The number of rotatable bonds is 8.